The summed E-state index contributed by atoms with van der Waals surface area (Å²) in [5.74, 6) is 1.02. The quantitative estimate of drug-likeness (QED) is 0.447. The average Bonchev–Trinajstić information content (AvgIpc) is 3.12. The second-order valence-electron chi connectivity index (χ2n) is 6.07. The van der Waals surface area contributed by atoms with E-state index in [1.807, 2.05) is 12.1 Å². The summed E-state index contributed by atoms with van der Waals surface area (Å²) in [7, 11) is 0. The zero-order valence-corrected chi connectivity index (χ0v) is 15.1. The van der Waals surface area contributed by atoms with Gasteiger partial charge >= 0.3 is 6.18 Å². The molecule has 152 valence electrons. The number of aromatic nitrogens is 1. The molecule has 6 nitrogen and oxygen atoms in total. The fourth-order valence-electron chi connectivity index (χ4n) is 2.37. The van der Waals surface area contributed by atoms with Crippen LogP contribution in [0, 0.1) is 0 Å². The molecule has 0 aliphatic rings. The van der Waals surface area contributed by atoms with Gasteiger partial charge in [-0.3, -0.25) is 4.79 Å². The first-order chi connectivity index (χ1) is 13.9. The summed E-state index contributed by atoms with van der Waals surface area (Å²) in [5, 5.41) is 5.99. The molecule has 0 saturated carbocycles. The van der Waals surface area contributed by atoms with Gasteiger partial charge in [0.2, 0.25) is 0 Å². The number of aromatic amines is 1. The standard InChI is InChI=1S/C20H17F3N2O4/c21-20(22,23)16-5-1-15(2-6-16)12-28-24-10-9-14-3-7-17(8-4-14)27-13-18-11-19(26)25-29-18/h1-8,10-11H,9,12-13H2,(H,25,26). The molecular formula is C20H17F3N2O4. The first kappa shape index (κ1) is 20.2. The van der Waals surface area contributed by atoms with Gasteiger partial charge in [0.05, 0.1) is 11.6 Å². The Kier molecular flexibility index (Phi) is 6.38. The summed E-state index contributed by atoms with van der Waals surface area (Å²) < 4.78 is 47.9. The second kappa shape index (κ2) is 9.13. The summed E-state index contributed by atoms with van der Waals surface area (Å²) in [6.07, 6.45) is -2.27. The highest BCUT2D eigenvalue weighted by Crippen LogP contribution is 2.29. The van der Waals surface area contributed by atoms with E-state index in [2.05, 4.69) is 10.3 Å². The van der Waals surface area contributed by atoms with Crippen LogP contribution >= 0.6 is 0 Å². The Morgan fingerprint density at radius 1 is 1.00 bits per heavy atom. The Labute approximate surface area is 163 Å². The number of rotatable bonds is 8. The van der Waals surface area contributed by atoms with Crippen LogP contribution in [-0.4, -0.2) is 11.4 Å². The highest BCUT2D eigenvalue weighted by atomic mass is 19.4. The molecule has 3 rings (SSSR count). The Bertz CT molecular complexity index is 990. The lowest BCUT2D eigenvalue weighted by molar-refractivity contribution is -0.137. The molecule has 0 fully saturated rings. The van der Waals surface area contributed by atoms with Crippen LogP contribution in [0.15, 0.2) is 69.1 Å². The molecule has 9 heteroatoms. The molecular weight excluding hydrogens is 389 g/mol. The van der Waals surface area contributed by atoms with Crippen molar-refractivity contribution in [2.45, 2.75) is 25.8 Å². The number of hydrogen-bond donors (Lipinski definition) is 1. The van der Waals surface area contributed by atoms with Crippen LogP contribution in [0.2, 0.25) is 0 Å². The van der Waals surface area contributed by atoms with Gasteiger partial charge in [0, 0.05) is 12.6 Å². The highest BCUT2D eigenvalue weighted by Gasteiger charge is 2.29. The van der Waals surface area contributed by atoms with Gasteiger partial charge in [-0.15, -0.1) is 0 Å². The number of hydrogen-bond acceptors (Lipinski definition) is 5. The van der Waals surface area contributed by atoms with E-state index in [1.54, 1.807) is 18.3 Å². The molecule has 0 unspecified atom stereocenters. The zero-order valence-electron chi connectivity index (χ0n) is 15.1. The molecule has 3 aromatic rings. The molecule has 2 aromatic carbocycles. The van der Waals surface area contributed by atoms with E-state index in [4.69, 9.17) is 14.1 Å². The smallest absolute Gasteiger partial charge is 0.416 e. The predicted molar refractivity (Wildman–Crippen MR) is 98.5 cm³/mol. The van der Waals surface area contributed by atoms with Crippen molar-refractivity contribution in [3.63, 3.8) is 0 Å². The number of nitrogens with zero attached hydrogens (tertiary/aromatic N) is 1. The number of oxime groups is 1. The van der Waals surface area contributed by atoms with Gasteiger partial charge < -0.3 is 14.1 Å². The van der Waals surface area contributed by atoms with Gasteiger partial charge in [-0.25, -0.2) is 0 Å². The maximum Gasteiger partial charge on any atom is 0.416 e. The largest absolute Gasteiger partial charge is 0.486 e. The fourth-order valence-corrected chi connectivity index (χ4v) is 2.37. The van der Waals surface area contributed by atoms with Gasteiger partial charge in [0.1, 0.15) is 19.0 Å². The lowest BCUT2D eigenvalue weighted by atomic mass is 10.1. The Balaban J connectivity index is 1.40. The van der Waals surface area contributed by atoms with Crippen molar-refractivity contribution >= 4 is 6.21 Å². The van der Waals surface area contributed by atoms with Gasteiger partial charge in [-0.1, -0.05) is 29.4 Å². The van der Waals surface area contributed by atoms with Crippen LogP contribution in [0.5, 0.6) is 5.75 Å². The first-order valence-electron chi connectivity index (χ1n) is 8.59. The molecule has 0 spiro atoms. The van der Waals surface area contributed by atoms with E-state index in [0.29, 0.717) is 23.5 Å². The van der Waals surface area contributed by atoms with Crippen LogP contribution in [0.4, 0.5) is 13.2 Å². The van der Waals surface area contributed by atoms with Crippen molar-refractivity contribution in [3.8, 4) is 5.75 Å². The lowest BCUT2D eigenvalue weighted by Crippen LogP contribution is -2.04. The molecule has 0 amide bonds. The van der Waals surface area contributed by atoms with E-state index >= 15 is 0 Å². The Morgan fingerprint density at radius 3 is 2.31 bits per heavy atom. The summed E-state index contributed by atoms with van der Waals surface area (Å²) in [4.78, 5) is 16.1. The summed E-state index contributed by atoms with van der Waals surface area (Å²) >= 11 is 0. The van der Waals surface area contributed by atoms with Crippen LogP contribution < -0.4 is 10.3 Å². The number of alkyl halides is 3. The third-order valence-electron chi connectivity index (χ3n) is 3.87. The zero-order chi connectivity index (χ0) is 20.7. The first-order valence-corrected chi connectivity index (χ1v) is 8.59. The number of ether oxygens (including phenoxy) is 1. The van der Waals surface area contributed by atoms with Crippen molar-refractivity contribution < 1.29 is 27.3 Å². The van der Waals surface area contributed by atoms with E-state index in [-0.39, 0.29) is 18.8 Å². The van der Waals surface area contributed by atoms with Gasteiger partial charge in [0.15, 0.2) is 5.76 Å². The fraction of sp³-hybridized carbons (Fsp3) is 0.200. The van der Waals surface area contributed by atoms with Crippen molar-refractivity contribution in [1.82, 2.24) is 5.16 Å². The van der Waals surface area contributed by atoms with Crippen LogP contribution in [-0.2, 0) is 30.6 Å². The SMILES string of the molecule is O=c1cc(COc2ccc(CC=NOCc3ccc(C(F)(F)F)cc3)cc2)o[nH]1. The van der Waals surface area contributed by atoms with E-state index in [0.717, 1.165) is 17.7 Å². The third kappa shape index (κ3) is 6.27. The van der Waals surface area contributed by atoms with Crippen molar-refractivity contribution in [2.75, 3.05) is 0 Å². The molecule has 1 N–H and O–H groups in total. The molecule has 0 bridgehead atoms. The lowest BCUT2D eigenvalue weighted by Gasteiger charge is -2.07. The van der Waals surface area contributed by atoms with Crippen molar-refractivity contribution in [3.05, 3.63) is 87.4 Å². The van der Waals surface area contributed by atoms with Gasteiger partial charge in [0.25, 0.3) is 5.56 Å². The normalized spacial score (nSPS) is 11.7. The molecule has 0 atom stereocenters. The Morgan fingerprint density at radius 2 is 1.69 bits per heavy atom. The van der Waals surface area contributed by atoms with Crippen LogP contribution in [0.25, 0.3) is 0 Å². The van der Waals surface area contributed by atoms with E-state index < -0.39 is 11.7 Å². The number of halogens is 3. The minimum atomic E-state index is -4.35. The molecule has 1 heterocycles. The van der Waals surface area contributed by atoms with Crippen molar-refractivity contribution in [2.24, 2.45) is 5.16 Å². The summed E-state index contributed by atoms with van der Waals surface area (Å²) in [6.45, 7) is 0.216. The summed E-state index contributed by atoms with van der Waals surface area (Å²) in [6, 6.07) is 13.3. The molecule has 1 aromatic heterocycles. The minimum Gasteiger partial charge on any atom is -0.486 e. The minimum absolute atomic E-state index is 0.0801. The molecule has 0 radical (unpaired) electrons. The van der Waals surface area contributed by atoms with E-state index in [1.165, 1.54) is 18.2 Å². The van der Waals surface area contributed by atoms with E-state index in [9.17, 15) is 18.0 Å². The highest BCUT2D eigenvalue weighted by molar-refractivity contribution is 5.60. The topological polar surface area (TPSA) is 76.8 Å². The summed E-state index contributed by atoms with van der Waals surface area (Å²) in [5.41, 5.74) is 0.538. The molecule has 0 saturated heterocycles. The van der Waals surface area contributed by atoms with Crippen molar-refractivity contribution in [1.29, 1.82) is 0 Å². The van der Waals surface area contributed by atoms with Crippen LogP contribution in [0.3, 0.4) is 0 Å². The van der Waals surface area contributed by atoms with Crippen LogP contribution in [0.1, 0.15) is 22.5 Å². The maximum atomic E-state index is 12.5. The average molecular weight is 406 g/mol. The number of nitrogens with one attached hydrogen (secondary N) is 1. The second-order valence-corrected chi connectivity index (χ2v) is 6.07. The molecule has 29 heavy (non-hydrogen) atoms. The molecule has 0 aliphatic carbocycles. The van der Waals surface area contributed by atoms with Gasteiger partial charge in [-0.2, -0.15) is 18.3 Å². The number of benzene rings is 2. The maximum absolute atomic E-state index is 12.5. The predicted octanol–water partition coefficient (Wildman–Crippen LogP) is 4.31. The third-order valence-corrected chi connectivity index (χ3v) is 3.87. The number of H-pyrrole nitrogens is 1. The molecule has 0 aliphatic heterocycles. The Hall–Kier alpha value is -3.49. The monoisotopic (exact) mass is 406 g/mol. The van der Waals surface area contributed by atoms with Gasteiger partial charge in [-0.05, 0) is 35.4 Å².